The van der Waals surface area contributed by atoms with E-state index in [1.165, 1.54) is 13.1 Å². The van der Waals surface area contributed by atoms with Crippen molar-refractivity contribution < 1.29 is 9.90 Å². The summed E-state index contributed by atoms with van der Waals surface area (Å²) in [6.45, 7) is 2.12. The molecule has 2 aromatic carbocycles. The van der Waals surface area contributed by atoms with Gasteiger partial charge in [0.2, 0.25) is 0 Å². The highest BCUT2D eigenvalue weighted by molar-refractivity contribution is 5.99. The van der Waals surface area contributed by atoms with Crippen LogP contribution in [-0.4, -0.2) is 24.1 Å². The first-order valence-corrected chi connectivity index (χ1v) is 8.88. The van der Waals surface area contributed by atoms with Crippen LogP contribution in [0.2, 0.25) is 0 Å². The summed E-state index contributed by atoms with van der Waals surface area (Å²) in [6.07, 6.45) is 4.20. The molecule has 2 aromatic rings. The van der Waals surface area contributed by atoms with Crippen molar-refractivity contribution in [2.45, 2.75) is 38.6 Å². The molecule has 1 aliphatic rings. The van der Waals surface area contributed by atoms with Crippen LogP contribution < -0.4 is 26.8 Å². The van der Waals surface area contributed by atoms with Crippen molar-refractivity contribution in [3.63, 3.8) is 0 Å². The predicted molar refractivity (Wildman–Crippen MR) is 101 cm³/mol. The van der Waals surface area contributed by atoms with Gasteiger partial charge in [0.05, 0.1) is 11.3 Å². The maximum atomic E-state index is 12.0. The van der Waals surface area contributed by atoms with Crippen LogP contribution in [0.4, 0.5) is 17.1 Å². The second kappa shape index (κ2) is 7.19. The van der Waals surface area contributed by atoms with E-state index in [-0.39, 0.29) is 34.4 Å². The molecule has 0 radical (unpaired) electrons. The number of para-hydroxylation sites is 1. The number of hydrogen-bond acceptors (Lipinski definition) is 6. The van der Waals surface area contributed by atoms with Gasteiger partial charge < -0.3 is 21.1 Å². The molecule has 0 aromatic heterocycles. The Hall–Kier alpha value is -2.83. The molecule has 7 nitrogen and oxygen atoms in total. The zero-order chi connectivity index (χ0) is 18.8. The summed E-state index contributed by atoms with van der Waals surface area (Å²) in [5.41, 5.74) is -0.460. The van der Waals surface area contributed by atoms with Crippen LogP contribution in [0.5, 0.6) is 5.75 Å². The second-order valence-corrected chi connectivity index (χ2v) is 6.66. The molecule has 0 heterocycles. The number of benzene rings is 1. The summed E-state index contributed by atoms with van der Waals surface area (Å²) in [5.74, 6) is -0.221. The molecular weight excluding hydrogens is 334 g/mol. The Morgan fingerprint density at radius 2 is 1.92 bits per heavy atom. The maximum Gasteiger partial charge on any atom is 0.254 e. The molecule has 4 N–H and O–H groups in total. The Bertz CT molecular complexity index is 899. The summed E-state index contributed by atoms with van der Waals surface area (Å²) < 4.78 is 0. The van der Waals surface area contributed by atoms with E-state index >= 15 is 0 Å². The Balaban J connectivity index is 1.86. The fraction of sp³-hybridized carbons (Fsp3) is 0.421. The maximum absolute atomic E-state index is 12.0. The largest absolute Gasteiger partial charge is 0.505 e. The summed E-state index contributed by atoms with van der Waals surface area (Å²) in [4.78, 5) is 35.8. The molecule has 1 aliphatic carbocycles. The molecular formula is C19H23N3O4. The second-order valence-electron chi connectivity index (χ2n) is 6.66. The van der Waals surface area contributed by atoms with Gasteiger partial charge in [-0.05, 0) is 30.9 Å². The Kier molecular flexibility index (Phi) is 4.97. The first-order valence-electron chi connectivity index (χ1n) is 8.88. The lowest BCUT2D eigenvalue weighted by Gasteiger charge is -2.23. The van der Waals surface area contributed by atoms with Gasteiger partial charge in [0, 0.05) is 13.1 Å². The highest BCUT2D eigenvalue weighted by atomic mass is 16.3. The van der Waals surface area contributed by atoms with Gasteiger partial charge in [-0.15, -0.1) is 0 Å². The highest BCUT2D eigenvalue weighted by Crippen LogP contribution is 2.34. The number of phenols is 1. The van der Waals surface area contributed by atoms with E-state index < -0.39 is 16.8 Å². The normalized spacial score (nSPS) is 19.5. The number of rotatable bonds is 6. The van der Waals surface area contributed by atoms with E-state index in [1.807, 2.05) is 0 Å². The van der Waals surface area contributed by atoms with Crippen LogP contribution in [0.15, 0.2) is 27.8 Å². The fourth-order valence-corrected chi connectivity index (χ4v) is 3.65. The standard InChI is InChI=1S/C19H23N3O4/c1-3-10-6-4-8-12(10)21-14-15(18(25)17(14)24)22-13-9-5-7-11(16(13)23)19(26)20-2/h5,7,9-10,12,21-23H,3-4,6,8H2,1-2H3,(H,20,26)/t10-,12-/m0/s1. The molecule has 0 unspecified atom stereocenters. The lowest BCUT2D eigenvalue weighted by atomic mass is 9.99. The van der Waals surface area contributed by atoms with E-state index in [4.69, 9.17) is 0 Å². The van der Waals surface area contributed by atoms with Crippen molar-refractivity contribution in [3.8, 4) is 5.75 Å². The highest BCUT2D eigenvalue weighted by Gasteiger charge is 2.30. The van der Waals surface area contributed by atoms with Crippen molar-refractivity contribution in [2.24, 2.45) is 5.92 Å². The minimum atomic E-state index is -0.622. The molecule has 0 spiro atoms. The smallest absolute Gasteiger partial charge is 0.254 e. The van der Waals surface area contributed by atoms with Gasteiger partial charge in [0.15, 0.2) is 5.75 Å². The number of hydrogen-bond donors (Lipinski definition) is 4. The van der Waals surface area contributed by atoms with E-state index in [9.17, 15) is 19.5 Å². The molecule has 26 heavy (non-hydrogen) atoms. The quantitative estimate of drug-likeness (QED) is 0.466. The molecule has 1 fully saturated rings. The van der Waals surface area contributed by atoms with Crippen LogP contribution in [-0.2, 0) is 0 Å². The topological polar surface area (TPSA) is 108 Å². The van der Waals surface area contributed by atoms with Gasteiger partial charge in [-0.3, -0.25) is 14.4 Å². The molecule has 0 saturated heterocycles. The van der Waals surface area contributed by atoms with Crippen molar-refractivity contribution in [1.82, 2.24) is 5.32 Å². The van der Waals surface area contributed by atoms with Crippen molar-refractivity contribution in [2.75, 3.05) is 17.7 Å². The van der Waals surface area contributed by atoms with Gasteiger partial charge in [0.25, 0.3) is 16.8 Å². The van der Waals surface area contributed by atoms with Crippen molar-refractivity contribution in [1.29, 1.82) is 0 Å². The number of carbonyl (C=O) groups is 1. The van der Waals surface area contributed by atoms with Crippen LogP contribution in [0.25, 0.3) is 0 Å². The van der Waals surface area contributed by atoms with Crippen LogP contribution >= 0.6 is 0 Å². The number of amides is 1. The van der Waals surface area contributed by atoms with Crippen molar-refractivity contribution >= 4 is 23.0 Å². The lowest BCUT2D eigenvalue weighted by molar-refractivity contribution is 0.0960. The number of carbonyl (C=O) groups excluding carboxylic acids is 1. The van der Waals surface area contributed by atoms with Crippen LogP contribution in [0, 0.1) is 5.92 Å². The summed E-state index contributed by atoms with van der Waals surface area (Å²) in [5, 5.41) is 18.8. The SMILES string of the molecule is CC[C@H]1CCC[C@@H]1Nc1c(Nc2cccc(C(=O)NC)c2O)c(=O)c1=O. The van der Waals surface area contributed by atoms with Gasteiger partial charge in [0.1, 0.15) is 11.4 Å². The molecule has 0 aliphatic heterocycles. The number of nitrogens with one attached hydrogen (secondary N) is 3. The predicted octanol–water partition coefficient (Wildman–Crippen LogP) is 2.08. The molecule has 138 valence electrons. The molecule has 0 bridgehead atoms. The van der Waals surface area contributed by atoms with Gasteiger partial charge in [-0.1, -0.05) is 25.8 Å². The third-order valence-electron chi connectivity index (χ3n) is 5.19. The Morgan fingerprint density at radius 3 is 2.62 bits per heavy atom. The molecule has 3 rings (SSSR count). The zero-order valence-corrected chi connectivity index (χ0v) is 14.9. The minimum absolute atomic E-state index is 0.0903. The summed E-state index contributed by atoms with van der Waals surface area (Å²) in [6, 6.07) is 4.79. The third-order valence-corrected chi connectivity index (χ3v) is 5.19. The molecule has 2 atom stereocenters. The van der Waals surface area contributed by atoms with E-state index in [0.29, 0.717) is 5.92 Å². The average Bonchev–Trinajstić information content (AvgIpc) is 3.12. The van der Waals surface area contributed by atoms with E-state index in [2.05, 4.69) is 22.9 Å². The number of aromatic hydroxyl groups is 1. The van der Waals surface area contributed by atoms with E-state index in [1.54, 1.807) is 12.1 Å². The first-order chi connectivity index (χ1) is 12.5. The van der Waals surface area contributed by atoms with Crippen molar-refractivity contribution in [3.05, 3.63) is 44.2 Å². The average molecular weight is 357 g/mol. The summed E-state index contributed by atoms with van der Waals surface area (Å²) >= 11 is 0. The summed E-state index contributed by atoms with van der Waals surface area (Å²) in [7, 11) is 1.46. The minimum Gasteiger partial charge on any atom is -0.505 e. The van der Waals surface area contributed by atoms with Gasteiger partial charge in [-0.2, -0.15) is 0 Å². The van der Waals surface area contributed by atoms with Gasteiger partial charge >= 0.3 is 0 Å². The van der Waals surface area contributed by atoms with Gasteiger partial charge in [-0.25, -0.2) is 0 Å². The monoisotopic (exact) mass is 357 g/mol. The third kappa shape index (κ3) is 3.05. The Morgan fingerprint density at radius 1 is 1.19 bits per heavy atom. The molecule has 1 amide bonds. The molecule has 7 heteroatoms. The zero-order valence-electron chi connectivity index (χ0n) is 14.9. The fourth-order valence-electron chi connectivity index (χ4n) is 3.65. The number of phenolic OH excluding ortho intramolecular Hbond substituents is 1. The van der Waals surface area contributed by atoms with Crippen LogP contribution in [0.3, 0.4) is 0 Å². The Labute approximate surface area is 151 Å². The molecule has 1 saturated carbocycles. The lowest BCUT2D eigenvalue weighted by Crippen LogP contribution is -2.39. The van der Waals surface area contributed by atoms with E-state index in [0.717, 1.165) is 25.7 Å². The van der Waals surface area contributed by atoms with Crippen LogP contribution in [0.1, 0.15) is 43.0 Å². The number of anilines is 3. The first kappa shape index (κ1) is 18.0.